The lowest BCUT2D eigenvalue weighted by molar-refractivity contribution is -0.150. The van der Waals surface area contributed by atoms with Crippen LogP contribution in [0.4, 0.5) is 0 Å². The summed E-state index contributed by atoms with van der Waals surface area (Å²) in [6, 6.07) is 4.90. The molecule has 1 aliphatic rings. The van der Waals surface area contributed by atoms with Crippen LogP contribution < -0.4 is 4.74 Å². The largest absolute Gasteiger partial charge is 0.484 e. The standard InChI is InChI=1S/C16H21NO4/c1-10-4-5-13(8-12(10)3)21-9-14(18)17-7-6-11(2)15(17)16(19)20/h4-5,8,11,15H,6-7,9H2,1-3H3,(H,19,20). The first-order valence-electron chi connectivity index (χ1n) is 7.12. The number of carboxylic acid groups (broad SMARTS) is 1. The zero-order chi connectivity index (χ0) is 15.6. The lowest BCUT2D eigenvalue weighted by Crippen LogP contribution is -2.44. The van der Waals surface area contributed by atoms with Gasteiger partial charge in [-0.05, 0) is 49.4 Å². The third-order valence-electron chi connectivity index (χ3n) is 4.11. The SMILES string of the molecule is Cc1ccc(OCC(=O)N2CCC(C)C2C(=O)O)cc1C. The highest BCUT2D eigenvalue weighted by atomic mass is 16.5. The second-order valence-corrected chi connectivity index (χ2v) is 5.67. The third-order valence-corrected chi connectivity index (χ3v) is 4.11. The molecule has 2 atom stereocenters. The summed E-state index contributed by atoms with van der Waals surface area (Å²) in [5, 5.41) is 9.22. The highest BCUT2D eigenvalue weighted by Gasteiger charge is 2.39. The van der Waals surface area contributed by atoms with Crippen molar-refractivity contribution in [2.24, 2.45) is 5.92 Å². The first-order chi connectivity index (χ1) is 9.90. The van der Waals surface area contributed by atoms with Crippen molar-refractivity contribution < 1.29 is 19.4 Å². The Balaban J connectivity index is 1.98. The molecular weight excluding hydrogens is 270 g/mol. The molecule has 1 heterocycles. The fraction of sp³-hybridized carbons (Fsp3) is 0.500. The van der Waals surface area contributed by atoms with E-state index in [1.807, 2.05) is 39.0 Å². The quantitative estimate of drug-likeness (QED) is 0.921. The van der Waals surface area contributed by atoms with Crippen LogP contribution in [0.15, 0.2) is 18.2 Å². The summed E-state index contributed by atoms with van der Waals surface area (Å²) >= 11 is 0. The Morgan fingerprint density at radius 2 is 2.05 bits per heavy atom. The van der Waals surface area contributed by atoms with Crippen LogP contribution in [0.5, 0.6) is 5.75 Å². The van der Waals surface area contributed by atoms with E-state index in [4.69, 9.17) is 4.74 Å². The van der Waals surface area contributed by atoms with E-state index in [0.29, 0.717) is 18.7 Å². The van der Waals surface area contributed by atoms with Crippen LogP contribution in [-0.4, -0.2) is 41.1 Å². The Morgan fingerprint density at radius 1 is 1.33 bits per heavy atom. The van der Waals surface area contributed by atoms with Crippen molar-refractivity contribution >= 4 is 11.9 Å². The van der Waals surface area contributed by atoms with Gasteiger partial charge in [-0.3, -0.25) is 4.79 Å². The van der Waals surface area contributed by atoms with Gasteiger partial charge >= 0.3 is 5.97 Å². The van der Waals surface area contributed by atoms with E-state index in [9.17, 15) is 14.7 Å². The normalized spacial score (nSPS) is 21.4. The highest BCUT2D eigenvalue weighted by Crippen LogP contribution is 2.24. The number of aryl methyl sites for hydroxylation is 2. The molecule has 114 valence electrons. The van der Waals surface area contributed by atoms with Gasteiger partial charge in [0.05, 0.1) is 0 Å². The monoisotopic (exact) mass is 291 g/mol. The minimum absolute atomic E-state index is 0.0203. The third kappa shape index (κ3) is 3.35. The Kier molecular flexibility index (Phi) is 4.50. The summed E-state index contributed by atoms with van der Waals surface area (Å²) in [6.07, 6.45) is 0.715. The molecule has 1 aromatic carbocycles. The molecule has 5 nitrogen and oxygen atoms in total. The van der Waals surface area contributed by atoms with Crippen molar-refractivity contribution in [2.45, 2.75) is 33.2 Å². The minimum Gasteiger partial charge on any atom is -0.484 e. The maximum absolute atomic E-state index is 12.2. The summed E-state index contributed by atoms with van der Waals surface area (Å²) in [5.41, 5.74) is 2.26. The van der Waals surface area contributed by atoms with Gasteiger partial charge in [0.25, 0.3) is 5.91 Å². The molecule has 1 aromatic rings. The molecule has 1 fully saturated rings. The zero-order valence-corrected chi connectivity index (χ0v) is 12.6. The second-order valence-electron chi connectivity index (χ2n) is 5.67. The molecule has 2 rings (SSSR count). The van der Waals surface area contributed by atoms with E-state index in [-0.39, 0.29) is 18.4 Å². The lowest BCUT2D eigenvalue weighted by Gasteiger charge is -2.23. The Labute approximate surface area is 124 Å². The number of carboxylic acids is 1. The van der Waals surface area contributed by atoms with Crippen molar-refractivity contribution in [3.63, 3.8) is 0 Å². The summed E-state index contributed by atoms with van der Waals surface area (Å²) in [7, 11) is 0. The van der Waals surface area contributed by atoms with Crippen LogP contribution >= 0.6 is 0 Å². The van der Waals surface area contributed by atoms with Crippen LogP contribution in [0.3, 0.4) is 0 Å². The molecule has 5 heteroatoms. The first kappa shape index (κ1) is 15.4. The van der Waals surface area contributed by atoms with E-state index >= 15 is 0 Å². The minimum atomic E-state index is -0.945. The van der Waals surface area contributed by atoms with Crippen LogP contribution in [0.2, 0.25) is 0 Å². The van der Waals surface area contributed by atoms with Crippen molar-refractivity contribution in [2.75, 3.05) is 13.2 Å². The van der Waals surface area contributed by atoms with Gasteiger partial charge < -0.3 is 14.7 Å². The zero-order valence-electron chi connectivity index (χ0n) is 12.6. The molecule has 1 aliphatic heterocycles. The highest BCUT2D eigenvalue weighted by molar-refractivity contribution is 5.85. The first-order valence-corrected chi connectivity index (χ1v) is 7.12. The molecular formula is C16H21NO4. The molecule has 0 radical (unpaired) electrons. The second kappa shape index (κ2) is 6.16. The number of benzene rings is 1. The molecule has 0 spiro atoms. The number of hydrogen-bond acceptors (Lipinski definition) is 3. The van der Waals surface area contributed by atoms with Gasteiger partial charge in [0.1, 0.15) is 11.8 Å². The summed E-state index contributed by atoms with van der Waals surface area (Å²) in [4.78, 5) is 24.8. The molecule has 2 unspecified atom stereocenters. The average Bonchev–Trinajstić information content (AvgIpc) is 2.82. The molecule has 1 saturated heterocycles. The summed E-state index contributed by atoms with van der Waals surface area (Å²) in [5.74, 6) is -0.608. The number of carbonyl (C=O) groups is 2. The number of nitrogens with zero attached hydrogens (tertiary/aromatic N) is 1. The predicted octanol–water partition coefficient (Wildman–Crippen LogP) is 2.00. The fourth-order valence-corrected chi connectivity index (χ4v) is 2.64. The Hall–Kier alpha value is -2.04. The molecule has 1 amide bonds. The van der Waals surface area contributed by atoms with Crippen LogP contribution in [0.25, 0.3) is 0 Å². The van der Waals surface area contributed by atoms with Crippen LogP contribution in [0.1, 0.15) is 24.5 Å². The number of aliphatic carboxylic acids is 1. The van der Waals surface area contributed by atoms with Crippen molar-refractivity contribution in [1.82, 2.24) is 4.90 Å². The van der Waals surface area contributed by atoms with Gasteiger partial charge in [0, 0.05) is 6.54 Å². The van der Waals surface area contributed by atoms with E-state index < -0.39 is 12.0 Å². The summed E-state index contributed by atoms with van der Waals surface area (Å²) < 4.78 is 5.50. The van der Waals surface area contributed by atoms with Gasteiger partial charge in [-0.15, -0.1) is 0 Å². The Morgan fingerprint density at radius 3 is 2.67 bits per heavy atom. The number of ether oxygens (including phenoxy) is 1. The number of rotatable bonds is 4. The van der Waals surface area contributed by atoms with Gasteiger partial charge in [-0.1, -0.05) is 13.0 Å². The molecule has 0 aliphatic carbocycles. The van der Waals surface area contributed by atoms with E-state index in [1.165, 1.54) is 4.90 Å². The fourth-order valence-electron chi connectivity index (χ4n) is 2.64. The number of hydrogen-bond donors (Lipinski definition) is 1. The molecule has 0 aromatic heterocycles. The van der Waals surface area contributed by atoms with Crippen molar-refractivity contribution in [1.29, 1.82) is 0 Å². The van der Waals surface area contributed by atoms with E-state index in [1.54, 1.807) is 0 Å². The topological polar surface area (TPSA) is 66.8 Å². The molecule has 1 N–H and O–H groups in total. The van der Waals surface area contributed by atoms with Crippen molar-refractivity contribution in [3.8, 4) is 5.75 Å². The van der Waals surface area contributed by atoms with Crippen molar-refractivity contribution in [3.05, 3.63) is 29.3 Å². The molecule has 0 saturated carbocycles. The number of carbonyl (C=O) groups excluding carboxylic acids is 1. The number of amides is 1. The molecule has 21 heavy (non-hydrogen) atoms. The smallest absolute Gasteiger partial charge is 0.326 e. The maximum atomic E-state index is 12.2. The van der Waals surface area contributed by atoms with E-state index in [0.717, 1.165) is 11.1 Å². The predicted molar refractivity (Wildman–Crippen MR) is 78.3 cm³/mol. The van der Waals surface area contributed by atoms with Gasteiger partial charge in [0.2, 0.25) is 0 Å². The van der Waals surface area contributed by atoms with E-state index in [2.05, 4.69) is 0 Å². The van der Waals surface area contributed by atoms with Crippen LogP contribution in [0, 0.1) is 19.8 Å². The molecule has 0 bridgehead atoms. The number of likely N-dealkylation sites (tertiary alicyclic amines) is 1. The maximum Gasteiger partial charge on any atom is 0.326 e. The van der Waals surface area contributed by atoms with Gasteiger partial charge in [0.15, 0.2) is 6.61 Å². The van der Waals surface area contributed by atoms with Gasteiger partial charge in [-0.2, -0.15) is 0 Å². The average molecular weight is 291 g/mol. The van der Waals surface area contributed by atoms with Crippen LogP contribution in [-0.2, 0) is 9.59 Å². The summed E-state index contributed by atoms with van der Waals surface area (Å²) in [6.45, 7) is 6.20. The Bertz CT molecular complexity index is 555. The lowest BCUT2D eigenvalue weighted by atomic mass is 10.0. The van der Waals surface area contributed by atoms with Gasteiger partial charge in [-0.25, -0.2) is 4.79 Å².